The number of hydrogen-bond donors (Lipinski definition) is 0. The quantitative estimate of drug-likeness (QED) is 0.551. The Hall–Kier alpha value is -3.14. The Balaban J connectivity index is 1.72. The van der Waals surface area contributed by atoms with Crippen molar-refractivity contribution >= 4 is 11.6 Å². The molecule has 3 heterocycles. The minimum absolute atomic E-state index is 0.0192. The lowest BCUT2D eigenvalue weighted by atomic mass is 10.00. The number of rotatable bonds is 5. The van der Waals surface area contributed by atoms with Gasteiger partial charge in [0.05, 0.1) is 25.6 Å². The van der Waals surface area contributed by atoms with Crippen LogP contribution in [0.5, 0.6) is 5.75 Å². The number of piperidine rings is 1. The number of para-hydroxylation sites is 1. The van der Waals surface area contributed by atoms with Crippen molar-refractivity contribution in [2.75, 3.05) is 33.9 Å². The molecule has 10 heteroatoms. The zero-order valence-corrected chi connectivity index (χ0v) is 17.7. The molecule has 2 aromatic heterocycles. The van der Waals surface area contributed by atoms with Crippen LogP contribution >= 0.6 is 0 Å². The molecule has 7 nitrogen and oxygen atoms in total. The van der Waals surface area contributed by atoms with Gasteiger partial charge in [-0.1, -0.05) is 12.1 Å². The van der Waals surface area contributed by atoms with Crippen molar-refractivity contribution in [1.29, 1.82) is 0 Å². The number of hydrogen-bond acceptors (Lipinski definition) is 6. The van der Waals surface area contributed by atoms with E-state index in [0.717, 1.165) is 38.2 Å². The van der Waals surface area contributed by atoms with Gasteiger partial charge in [-0.25, -0.2) is 14.3 Å². The number of carbonyl (C=O) groups is 1. The van der Waals surface area contributed by atoms with Gasteiger partial charge in [-0.15, -0.1) is 0 Å². The molecular formula is C22H23F3N4O3. The van der Waals surface area contributed by atoms with Gasteiger partial charge in [0, 0.05) is 18.0 Å². The summed E-state index contributed by atoms with van der Waals surface area (Å²) in [5.41, 5.74) is -0.987. The number of halogens is 3. The topological polar surface area (TPSA) is 69.0 Å². The molecule has 1 atom stereocenters. The van der Waals surface area contributed by atoms with Crippen molar-refractivity contribution in [3.05, 3.63) is 47.8 Å². The summed E-state index contributed by atoms with van der Waals surface area (Å²) in [5.74, 6) is -0.198. The van der Waals surface area contributed by atoms with Gasteiger partial charge in [0.15, 0.2) is 11.3 Å². The van der Waals surface area contributed by atoms with Crippen LogP contribution in [0.3, 0.4) is 0 Å². The second-order valence-corrected chi connectivity index (χ2v) is 7.89. The van der Waals surface area contributed by atoms with Crippen LogP contribution in [0.1, 0.15) is 28.9 Å². The molecule has 0 spiro atoms. The number of nitrogens with zero attached hydrogens (tertiary/aromatic N) is 4. The first-order valence-corrected chi connectivity index (χ1v) is 10.2. The van der Waals surface area contributed by atoms with E-state index in [1.54, 1.807) is 24.3 Å². The summed E-state index contributed by atoms with van der Waals surface area (Å²) in [6.07, 6.45) is -1.70. The van der Waals surface area contributed by atoms with Crippen molar-refractivity contribution in [1.82, 2.24) is 19.5 Å². The van der Waals surface area contributed by atoms with Crippen molar-refractivity contribution in [3.63, 3.8) is 0 Å². The first kappa shape index (κ1) is 22.1. The maximum atomic E-state index is 13.8. The molecule has 0 saturated carbocycles. The van der Waals surface area contributed by atoms with Crippen molar-refractivity contribution < 1.29 is 27.4 Å². The molecule has 4 rings (SSSR count). The smallest absolute Gasteiger partial charge is 0.433 e. The minimum Gasteiger partial charge on any atom is -0.496 e. The zero-order valence-electron chi connectivity index (χ0n) is 17.7. The van der Waals surface area contributed by atoms with Gasteiger partial charge in [-0.3, -0.25) is 0 Å². The molecule has 0 N–H and O–H groups in total. The molecule has 0 unspecified atom stereocenters. The number of aromatic nitrogens is 3. The van der Waals surface area contributed by atoms with Crippen LogP contribution in [0.15, 0.2) is 36.5 Å². The summed E-state index contributed by atoms with van der Waals surface area (Å²) in [5, 5.41) is 3.78. The molecule has 32 heavy (non-hydrogen) atoms. The normalized spacial score (nSPS) is 17.5. The summed E-state index contributed by atoms with van der Waals surface area (Å²) in [6.45, 7) is 1.99. The van der Waals surface area contributed by atoms with Crippen LogP contribution in [0, 0.1) is 5.92 Å². The van der Waals surface area contributed by atoms with E-state index in [2.05, 4.69) is 15.0 Å². The highest BCUT2D eigenvalue weighted by Crippen LogP contribution is 2.35. The second-order valence-electron chi connectivity index (χ2n) is 7.89. The first-order valence-electron chi connectivity index (χ1n) is 10.2. The van der Waals surface area contributed by atoms with Gasteiger partial charge < -0.3 is 14.4 Å². The first-order chi connectivity index (χ1) is 15.3. The Morgan fingerprint density at radius 3 is 2.78 bits per heavy atom. The van der Waals surface area contributed by atoms with Crippen LogP contribution in [0.2, 0.25) is 0 Å². The van der Waals surface area contributed by atoms with E-state index in [-0.39, 0.29) is 29.4 Å². The van der Waals surface area contributed by atoms with Crippen molar-refractivity contribution in [2.24, 2.45) is 5.92 Å². The highest BCUT2D eigenvalue weighted by atomic mass is 19.4. The minimum atomic E-state index is -4.71. The number of carbonyl (C=O) groups excluding carboxylic acids is 1. The van der Waals surface area contributed by atoms with E-state index in [1.807, 2.05) is 7.05 Å². The summed E-state index contributed by atoms with van der Waals surface area (Å²) in [6, 6.07) is 7.50. The third kappa shape index (κ3) is 4.40. The summed E-state index contributed by atoms with van der Waals surface area (Å²) in [7, 11) is 3.42. The lowest BCUT2D eigenvalue weighted by molar-refractivity contribution is -0.142. The van der Waals surface area contributed by atoms with Gasteiger partial charge in [-0.05, 0) is 44.6 Å². The maximum Gasteiger partial charge on any atom is 0.433 e. The van der Waals surface area contributed by atoms with E-state index >= 15 is 0 Å². The van der Waals surface area contributed by atoms with Crippen LogP contribution in [-0.2, 0) is 10.9 Å². The molecule has 0 radical (unpaired) electrons. The highest BCUT2D eigenvalue weighted by molar-refractivity contribution is 5.96. The fraction of sp³-hybridized carbons (Fsp3) is 0.409. The third-order valence-corrected chi connectivity index (χ3v) is 5.54. The molecule has 170 valence electrons. The average molecular weight is 448 g/mol. The molecule has 0 amide bonds. The average Bonchev–Trinajstić information content (AvgIpc) is 3.20. The van der Waals surface area contributed by atoms with Crippen LogP contribution in [0.25, 0.3) is 16.9 Å². The number of likely N-dealkylation sites (tertiary alicyclic amines) is 1. The lowest BCUT2D eigenvalue weighted by Crippen LogP contribution is -2.34. The molecule has 0 aliphatic carbocycles. The van der Waals surface area contributed by atoms with Gasteiger partial charge in [0.2, 0.25) is 0 Å². The summed E-state index contributed by atoms with van der Waals surface area (Å²) >= 11 is 0. The predicted molar refractivity (Wildman–Crippen MR) is 110 cm³/mol. The Morgan fingerprint density at radius 1 is 1.28 bits per heavy atom. The SMILES string of the molecule is COc1ccccc1-c1cc(C(F)(F)F)n2ncc(C(=O)OC[C@H]3CCCN(C)C3)c2n1. The Labute approximate surface area is 182 Å². The Bertz CT molecular complexity index is 1130. The van der Waals surface area contributed by atoms with E-state index in [4.69, 9.17) is 9.47 Å². The second kappa shape index (κ2) is 8.78. The molecule has 1 fully saturated rings. The number of alkyl halides is 3. The largest absolute Gasteiger partial charge is 0.496 e. The number of fused-ring (bicyclic) bond motifs is 1. The Morgan fingerprint density at radius 2 is 2.06 bits per heavy atom. The molecule has 1 aromatic carbocycles. The van der Waals surface area contributed by atoms with Gasteiger partial charge in [0.25, 0.3) is 0 Å². The highest BCUT2D eigenvalue weighted by Gasteiger charge is 2.36. The molecule has 3 aromatic rings. The summed E-state index contributed by atoms with van der Waals surface area (Å²) in [4.78, 5) is 19.2. The van der Waals surface area contributed by atoms with Gasteiger partial charge in [0.1, 0.15) is 11.3 Å². The van der Waals surface area contributed by atoms with E-state index in [0.29, 0.717) is 15.8 Å². The van der Waals surface area contributed by atoms with Crippen molar-refractivity contribution in [3.8, 4) is 17.0 Å². The van der Waals surface area contributed by atoms with Gasteiger partial charge >= 0.3 is 12.1 Å². The standard InChI is InChI=1S/C22H23F3N4O3/c1-28-9-5-6-14(12-28)13-32-21(30)16-11-26-29-19(22(23,24)25)10-17(27-20(16)29)15-7-3-4-8-18(15)31-2/h3-4,7-8,10-11,14H,5-6,9,12-13H2,1-2H3/t14-/m0/s1. The van der Waals surface area contributed by atoms with Crippen molar-refractivity contribution in [2.45, 2.75) is 19.0 Å². The zero-order chi connectivity index (χ0) is 22.9. The Kier molecular flexibility index (Phi) is 6.05. The van der Waals surface area contributed by atoms with Crippen LogP contribution in [0.4, 0.5) is 13.2 Å². The van der Waals surface area contributed by atoms with Crippen LogP contribution in [-0.4, -0.2) is 59.3 Å². The number of ether oxygens (including phenoxy) is 2. The molecule has 1 aliphatic rings. The van der Waals surface area contributed by atoms with E-state index in [1.165, 1.54) is 7.11 Å². The van der Waals surface area contributed by atoms with E-state index < -0.39 is 17.8 Å². The van der Waals surface area contributed by atoms with Crippen LogP contribution < -0.4 is 4.74 Å². The third-order valence-electron chi connectivity index (χ3n) is 5.54. The lowest BCUT2D eigenvalue weighted by Gasteiger charge is -2.29. The number of methoxy groups -OCH3 is 1. The number of esters is 1. The molecule has 0 bridgehead atoms. The molecule has 1 saturated heterocycles. The maximum absolute atomic E-state index is 13.8. The fourth-order valence-corrected chi connectivity index (χ4v) is 3.98. The molecule has 1 aliphatic heterocycles. The monoisotopic (exact) mass is 448 g/mol. The number of benzene rings is 1. The molecular weight excluding hydrogens is 425 g/mol. The summed E-state index contributed by atoms with van der Waals surface area (Å²) < 4.78 is 52.7. The van der Waals surface area contributed by atoms with Gasteiger partial charge in [-0.2, -0.15) is 18.3 Å². The fourth-order valence-electron chi connectivity index (χ4n) is 3.98. The predicted octanol–water partition coefficient (Wildman–Crippen LogP) is 3.92. The van der Waals surface area contributed by atoms with E-state index in [9.17, 15) is 18.0 Å².